The van der Waals surface area contributed by atoms with Crippen LogP contribution in [0, 0.1) is 5.92 Å². The average molecular weight is 316 g/mol. The predicted octanol–water partition coefficient (Wildman–Crippen LogP) is 1.94. The highest BCUT2D eigenvalue weighted by Crippen LogP contribution is 2.22. The second-order valence-electron chi connectivity index (χ2n) is 5.65. The van der Waals surface area contributed by atoms with Crippen LogP contribution in [0.1, 0.15) is 12.0 Å². The van der Waals surface area contributed by atoms with E-state index in [1.54, 1.807) is 12.1 Å². The van der Waals surface area contributed by atoms with E-state index in [0.29, 0.717) is 26.1 Å². The van der Waals surface area contributed by atoms with Crippen molar-refractivity contribution in [2.75, 3.05) is 26.2 Å². The Kier molecular flexibility index (Phi) is 5.28. The second kappa shape index (κ2) is 7.00. The fraction of sp³-hybridized carbons (Fsp3) is 0.533. The van der Waals surface area contributed by atoms with Gasteiger partial charge in [-0.15, -0.1) is 0 Å². The first-order valence-electron chi connectivity index (χ1n) is 7.15. The molecule has 0 unspecified atom stereocenters. The lowest BCUT2D eigenvalue weighted by molar-refractivity contribution is -0.143. The molecule has 0 bridgehead atoms. The van der Waals surface area contributed by atoms with Crippen molar-refractivity contribution in [1.29, 1.82) is 0 Å². The summed E-state index contributed by atoms with van der Waals surface area (Å²) < 4.78 is 36.9. The summed E-state index contributed by atoms with van der Waals surface area (Å²) in [4.78, 5) is 13.2. The summed E-state index contributed by atoms with van der Waals surface area (Å²) in [5.74, 6) is 0.0333. The molecular formula is C15H19F3N2O2. The summed E-state index contributed by atoms with van der Waals surface area (Å²) in [6.45, 7) is 0.285. The van der Waals surface area contributed by atoms with Gasteiger partial charge in [-0.3, -0.25) is 9.69 Å². The van der Waals surface area contributed by atoms with Gasteiger partial charge in [0.1, 0.15) is 5.75 Å². The lowest BCUT2D eigenvalue weighted by Crippen LogP contribution is -2.35. The number of hydrogen-bond donors (Lipinski definition) is 2. The average Bonchev–Trinajstić information content (AvgIpc) is 2.84. The number of phenolic OH excluding ortho intramolecular Hbond substituents is 1. The van der Waals surface area contributed by atoms with Crippen LogP contribution in [0.5, 0.6) is 5.75 Å². The Morgan fingerprint density at radius 2 is 2.00 bits per heavy atom. The maximum atomic E-state index is 12.3. The third-order valence-electron chi connectivity index (χ3n) is 3.66. The molecule has 0 aromatic heterocycles. The lowest BCUT2D eigenvalue weighted by atomic mass is 10.1. The van der Waals surface area contributed by atoms with Crippen molar-refractivity contribution >= 4 is 5.91 Å². The van der Waals surface area contributed by atoms with Crippen molar-refractivity contribution < 1.29 is 23.1 Å². The topological polar surface area (TPSA) is 52.6 Å². The Morgan fingerprint density at radius 1 is 1.32 bits per heavy atom. The van der Waals surface area contributed by atoms with Crippen LogP contribution in [0.4, 0.5) is 13.2 Å². The molecule has 0 spiro atoms. The van der Waals surface area contributed by atoms with Gasteiger partial charge in [0.05, 0.1) is 13.0 Å². The maximum absolute atomic E-state index is 12.3. The van der Waals surface area contributed by atoms with Crippen LogP contribution in [-0.4, -0.2) is 48.3 Å². The summed E-state index contributed by atoms with van der Waals surface area (Å²) >= 11 is 0. The van der Waals surface area contributed by atoms with Crippen molar-refractivity contribution in [3.8, 4) is 5.75 Å². The minimum atomic E-state index is -4.17. The van der Waals surface area contributed by atoms with Crippen LogP contribution >= 0.6 is 0 Å². The lowest BCUT2D eigenvalue weighted by Gasteiger charge is -2.18. The number of carbonyl (C=O) groups excluding carboxylic acids is 1. The van der Waals surface area contributed by atoms with Gasteiger partial charge in [-0.1, -0.05) is 12.1 Å². The Labute approximate surface area is 126 Å². The van der Waals surface area contributed by atoms with Crippen LogP contribution in [-0.2, 0) is 11.2 Å². The number of likely N-dealkylation sites (tertiary alicyclic amines) is 1. The standard InChI is InChI=1S/C15H19F3N2O2/c16-15(17,18)10-20-6-5-12(9-20)8-19-14(22)7-11-1-3-13(21)4-2-11/h1-4,12,21H,5-10H2,(H,19,22)/t12-/m1/s1. The highest BCUT2D eigenvalue weighted by molar-refractivity contribution is 5.78. The maximum Gasteiger partial charge on any atom is 0.401 e. The summed E-state index contributed by atoms with van der Waals surface area (Å²) in [6, 6.07) is 6.34. The molecule has 1 amide bonds. The van der Waals surface area contributed by atoms with Crippen molar-refractivity contribution in [2.45, 2.75) is 19.0 Å². The number of rotatable bonds is 5. The summed E-state index contributed by atoms with van der Waals surface area (Å²) in [6.07, 6.45) is -3.31. The number of alkyl halides is 3. The number of carbonyl (C=O) groups is 1. The van der Waals surface area contributed by atoms with Gasteiger partial charge in [0.25, 0.3) is 0 Å². The van der Waals surface area contributed by atoms with Crippen molar-refractivity contribution in [3.05, 3.63) is 29.8 Å². The van der Waals surface area contributed by atoms with Crippen LogP contribution < -0.4 is 5.32 Å². The van der Waals surface area contributed by atoms with E-state index in [1.165, 1.54) is 17.0 Å². The number of nitrogens with one attached hydrogen (secondary N) is 1. The fourth-order valence-corrected chi connectivity index (χ4v) is 2.60. The van der Waals surface area contributed by atoms with E-state index in [1.807, 2.05) is 0 Å². The highest BCUT2D eigenvalue weighted by atomic mass is 19.4. The number of halogens is 3. The Hall–Kier alpha value is -1.76. The predicted molar refractivity (Wildman–Crippen MR) is 75.4 cm³/mol. The summed E-state index contributed by atoms with van der Waals surface area (Å²) in [5, 5.41) is 11.9. The Bertz CT molecular complexity index is 503. The smallest absolute Gasteiger partial charge is 0.401 e. The SMILES string of the molecule is O=C(Cc1ccc(O)cc1)NC[C@H]1CCN(CC(F)(F)F)C1. The molecule has 1 aromatic carbocycles. The largest absolute Gasteiger partial charge is 0.508 e. The van der Waals surface area contributed by atoms with Crippen LogP contribution in [0.3, 0.4) is 0 Å². The molecule has 122 valence electrons. The first-order valence-corrected chi connectivity index (χ1v) is 7.15. The molecular weight excluding hydrogens is 297 g/mol. The molecule has 0 radical (unpaired) electrons. The van der Waals surface area contributed by atoms with Crippen LogP contribution in [0.15, 0.2) is 24.3 Å². The number of phenols is 1. The molecule has 2 rings (SSSR count). The molecule has 7 heteroatoms. The number of benzene rings is 1. The summed E-state index contributed by atoms with van der Waals surface area (Å²) in [7, 11) is 0. The molecule has 1 atom stereocenters. The highest BCUT2D eigenvalue weighted by Gasteiger charge is 2.34. The van der Waals surface area contributed by atoms with E-state index in [2.05, 4.69) is 5.32 Å². The first kappa shape index (κ1) is 16.6. The van der Waals surface area contributed by atoms with E-state index < -0.39 is 12.7 Å². The number of amides is 1. The molecule has 1 aliphatic rings. The second-order valence-corrected chi connectivity index (χ2v) is 5.65. The third-order valence-corrected chi connectivity index (χ3v) is 3.66. The fourth-order valence-electron chi connectivity index (χ4n) is 2.60. The normalized spacial score (nSPS) is 19.3. The minimum Gasteiger partial charge on any atom is -0.508 e. The molecule has 22 heavy (non-hydrogen) atoms. The zero-order chi connectivity index (χ0) is 16.2. The van der Waals surface area contributed by atoms with E-state index >= 15 is 0 Å². The third kappa shape index (κ3) is 5.55. The number of aromatic hydroxyl groups is 1. The zero-order valence-electron chi connectivity index (χ0n) is 12.1. The molecule has 4 nitrogen and oxygen atoms in total. The Balaban J connectivity index is 1.70. The van der Waals surface area contributed by atoms with Crippen LogP contribution in [0.2, 0.25) is 0 Å². The van der Waals surface area contributed by atoms with E-state index in [4.69, 9.17) is 5.11 Å². The van der Waals surface area contributed by atoms with Crippen molar-refractivity contribution in [3.63, 3.8) is 0 Å². The van der Waals surface area contributed by atoms with Gasteiger partial charge in [-0.2, -0.15) is 13.2 Å². The van der Waals surface area contributed by atoms with Gasteiger partial charge in [0.15, 0.2) is 0 Å². The minimum absolute atomic E-state index is 0.0612. The monoisotopic (exact) mass is 316 g/mol. The van der Waals surface area contributed by atoms with Gasteiger partial charge in [-0.05, 0) is 36.6 Å². The molecule has 1 aromatic rings. The van der Waals surface area contributed by atoms with Gasteiger partial charge < -0.3 is 10.4 Å². The van der Waals surface area contributed by atoms with E-state index in [0.717, 1.165) is 5.56 Å². The summed E-state index contributed by atoms with van der Waals surface area (Å²) in [5.41, 5.74) is 0.778. The molecule has 1 aliphatic heterocycles. The zero-order valence-corrected chi connectivity index (χ0v) is 12.1. The van der Waals surface area contributed by atoms with Gasteiger partial charge >= 0.3 is 6.18 Å². The molecule has 2 N–H and O–H groups in total. The van der Waals surface area contributed by atoms with Gasteiger partial charge in [0, 0.05) is 13.1 Å². The van der Waals surface area contributed by atoms with Crippen molar-refractivity contribution in [1.82, 2.24) is 10.2 Å². The van der Waals surface area contributed by atoms with Gasteiger partial charge in [-0.25, -0.2) is 0 Å². The van der Waals surface area contributed by atoms with Gasteiger partial charge in [0.2, 0.25) is 5.91 Å². The quantitative estimate of drug-likeness (QED) is 0.873. The molecule has 1 heterocycles. The number of nitrogens with zero attached hydrogens (tertiary/aromatic N) is 1. The Morgan fingerprint density at radius 3 is 2.64 bits per heavy atom. The van der Waals surface area contributed by atoms with Crippen molar-refractivity contribution in [2.24, 2.45) is 5.92 Å². The first-order chi connectivity index (χ1) is 10.3. The molecule has 0 saturated carbocycles. The molecule has 1 saturated heterocycles. The van der Waals surface area contributed by atoms with Crippen LogP contribution in [0.25, 0.3) is 0 Å². The molecule has 1 fully saturated rings. The van der Waals surface area contributed by atoms with E-state index in [9.17, 15) is 18.0 Å². The number of hydrogen-bond acceptors (Lipinski definition) is 3. The van der Waals surface area contributed by atoms with E-state index in [-0.39, 0.29) is 24.0 Å². The molecule has 0 aliphatic carbocycles.